The fourth-order valence-electron chi connectivity index (χ4n) is 3.88. The van der Waals surface area contributed by atoms with Crippen LogP contribution >= 0.6 is 23.1 Å². The van der Waals surface area contributed by atoms with Crippen LogP contribution in [0.5, 0.6) is 5.75 Å². The summed E-state index contributed by atoms with van der Waals surface area (Å²) in [7, 11) is 0. The van der Waals surface area contributed by atoms with Crippen LogP contribution in [0.3, 0.4) is 0 Å². The number of hydrogen-bond acceptors (Lipinski definition) is 8. The van der Waals surface area contributed by atoms with Crippen molar-refractivity contribution in [3.63, 3.8) is 0 Å². The molecule has 186 valence electrons. The molecule has 10 heteroatoms. The molecule has 1 aromatic carbocycles. The standard InChI is InChI=1S/C25H30N4O4S2/c1-3-5-14-33-18-8-6-17(7-9-18)24(32)29-12-10-28(11-13-29)22-20-15-19(4-2)35-23(20)27-25(26-22)34-16-21(30)31/h6-9,15H,3-5,10-14,16H2,1-2H3,(H,30,31). The lowest BCUT2D eigenvalue weighted by molar-refractivity contribution is -0.133. The SMILES string of the molecule is CCCCOc1ccc(C(=O)N2CCN(c3nc(SCC(=O)O)nc4sc(CC)cc34)CC2)cc1. The summed E-state index contributed by atoms with van der Waals surface area (Å²) in [6, 6.07) is 9.49. The van der Waals surface area contributed by atoms with E-state index in [0.717, 1.165) is 52.8 Å². The van der Waals surface area contributed by atoms with Crippen molar-refractivity contribution >= 4 is 51.0 Å². The van der Waals surface area contributed by atoms with Crippen molar-refractivity contribution in [3.05, 3.63) is 40.8 Å². The van der Waals surface area contributed by atoms with Gasteiger partial charge in [-0.05, 0) is 43.2 Å². The molecule has 3 heterocycles. The normalized spacial score (nSPS) is 13.9. The molecule has 3 aromatic rings. The molecule has 0 spiro atoms. The van der Waals surface area contributed by atoms with E-state index in [4.69, 9.17) is 14.8 Å². The summed E-state index contributed by atoms with van der Waals surface area (Å²) >= 11 is 2.75. The number of thiophene rings is 1. The van der Waals surface area contributed by atoms with Crippen LogP contribution < -0.4 is 9.64 Å². The summed E-state index contributed by atoms with van der Waals surface area (Å²) in [6.45, 7) is 7.38. The van der Waals surface area contributed by atoms with Gasteiger partial charge in [-0.3, -0.25) is 9.59 Å². The Labute approximate surface area is 213 Å². The number of rotatable bonds is 10. The molecule has 1 aliphatic heterocycles. The first kappa shape index (κ1) is 25.2. The van der Waals surface area contributed by atoms with Crippen LogP contribution in [-0.4, -0.2) is 70.4 Å². The number of thioether (sulfide) groups is 1. The molecule has 1 N–H and O–H groups in total. The van der Waals surface area contributed by atoms with Crippen molar-refractivity contribution in [2.24, 2.45) is 0 Å². The number of hydrogen-bond donors (Lipinski definition) is 1. The van der Waals surface area contributed by atoms with E-state index in [9.17, 15) is 9.59 Å². The number of carboxylic acids is 1. The summed E-state index contributed by atoms with van der Waals surface area (Å²) in [4.78, 5) is 39.5. The van der Waals surface area contributed by atoms with E-state index in [1.165, 1.54) is 4.88 Å². The first-order valence-electron chi connectivity index (χ1n) is 11.9. The monoisotopic (exact) mass is 514 g/mol. The van der Waals surface area contributed by atoms with E-state index < -0.39 is 5.97 Å². The average molecular weight is 515 g/mol. The van der Waals surface area contributed by atoms with Gasteiger partial charge in [-0.2, -0.15) is 0 Å². The van der Waals surface area contributed by atoms with E-state index in [1.54, 1.807) is 11.3 Å². The number of carbonyl (C=O) groups excluding carboxylic acids is 1. The molecule has 0 unspecified atom stereocenters. The smallest absolute Gasteiger partial charge is 0.313 e. The number of aliphatic carboxylic acids is 1. The van der Waals surface area contributed by atoms with Crippen molar-refractivity contribution < 1.29 is 19.4 Å². The summed E-state index contributed by atoms with van der Waals surface area (Å²) in [5.41, 5.74) is 0.656. The number of unbranched alkanes of at least 4 members (excludes halogenated alkanes) is 1. The molecular weight excluding hydrogens is 484 g/mol. The first-order valence-corrected chi connectivity index (χ1v) is 13.7. The van der Waals surface area contributed by atoms with Gasteiger partial charge >= 0.3 is 5.97 Å². The number of nitrogens with zero attached hydrogens (tertiary/aromatic N) is 4. The summed E-state index contributed by atoms with van der Waals surface area (Å²) in [5, 5.41) is 10.5. The molecule has 2 aromatic heterocycles. The molecule has 1 saturated heterocycles. The van der Waals surface area contributed by atoms with Crippen molar-refractivity contribution in [1.29, 1.82) is 0 Å². The highest BCUT2D eigenvalue weighted by Gasteiger charge is 2.25. The van der Waals surface area contributed by atoms with Gasteiger partial charge < -0.3 is 19.6 Å². The molecule has 0 radical (unpaired) electrons. The number of carbonyl (C=O) groups is 2. The molecule has 0 bridgehead atoms. The molecule has 0 aliphatic carbocycles. The Bertz CT molecular complexity index is 1170. The Morgan fingerprint density at radius 3 is 2.51 bits per heavy atom. The number of piperazine rings is 1. The predicted molar refractivity (Wildman–Crippen MR) is 140 cm³/mol. The number of ether oxygens (including phenoxy) is 1. The van der Waals surface area contributed by atoms with Gasteiger partial charge in [0.25, 0.3) is 5.91 Å². The third kappa shape index (κ3) is 6.24. The zero-order valence-corrected chi connectivity index (χ0v) is 21.7. The Morgan fingerprint density at radius 1 is 1.11 bits per heavy atom. The van der Waals surface area contributed by atoms with Crippen molar-refractivity contribution in [1.82, 2.24) is 14.9 Å². The molecule has 8 nitrogen and oxygen atoms in total. The van der Waals surface area contributed by atoms with Crippen molar-refractivity contribution in [2.75, 3.05) is 43.4 Å². The van der Waals surface area contributed by atoms with E-state index in [1.807, 2.05) is 29.2 Å². The molecule has 35 heavy (non-hydrogen) atoms. The molecule has 4 rings (SSSR count). The summed E-state index contributed by atoms with van der Waals surface area (Å²) in [5.74, 6) is 0.639. The van der Waals surface area contributed by atoms with Crippen LogP contribution in [0.25, 0.3) is 10.2 Å². The Hall–Kier alpha value is -2.85. The van der Waals surface area contributed by atoms with E-state index in [-0.39, 0.29) is 11.7 Å². The van der Waals surface area contributed by atoms with Gasteiger partial charge in [0.15, 0.2) is 5.16 Å². The highest BCUT2D eigenvalue weighted by Crippen LogP contribution is 2.34. The van der Waals surface area contributed by atoms with Gasteiger partial charge in [0, 0.05) is 36.6 Å². The van der Waals surface area contributed by atoms with Crippen LogP contribution in [0.1, 0.15) is 41.9 Å². The quantitative estimate of drug-likeness (QED) is 0.239. The highest BCUT2D eigenvalue weighted by molar-refractivity contribution is 7.99. The molecule has 1 amide bonds. The number of aromatic nitrogens is 2. The molecular formula is C25H30N4O4S2. The van der Waals surface area contributed by atoms with Gasteiger partial charge in [-0.25, -0.2) is 9.97 Å². The zero-order chi connectivity index (χ0) is 24.8. The number of fused-ring (bicyclic) bond motifs is 1. The van der Waals surface area contributed by atoms with Crippen LogP contribution in [0, 0.1) is 0 Å². The van der Waals surface area contributed by atoms with Crippen LogP contribution in [0.2, 0.25) is 0 Å². The molecule has 0 saturated carbocycles. The number of carboxylic acid groups (broad SMARTS) is 1. The van der Waals surface area contributed by atoms with Gasteiger partial charge in [0.2, 0.25) is 0 Å². The van der Waals surface area contributed by atoms with E-state index in [0.29, 0.717) is 43.5 Å². The maximum atomic E-state index is 13.1. The zero-order valence-electron chi connectivity index (χ0n) is 20.0. The molecule has 0 atom stereocenters. The van der Waals surface area contributed by atoms with Gasteiger partial charge in [-0.1, -0.05) is 32.0 Å². The first-order chi connectivity index (χ1) is 17.0. The lowest BCUT2D eigenvalue weighted by Gasteiger charge is -2.35. The van der Waals surface area contributed by atoms with Gasteiger partial charge in [-0.15, -0.1) is 11.3 Å². The topological polar surface area (TPSA) is 95.9 Å². The number of aryl methyl sites for hydroxylation is 1. The number of anilines is 1. The van der Waals surface area contributed by atoms with Crippen LogP contribution in [0.15, 0.2) is 35.5 Å². The lowest BCUT2D eigenvalue weighted by Crippen LogP contribution is -2.49. The number of benzene rings is 1. The lowest BCUT2D eigenvalue weighted by atomic mass is 10.1. The average Bonchev–Trinajstić information content (AvgIpc) is 3.30. The summed E-state index contributed by atoms with van der Waals surface area (Å²) < 4.78 is 5.70. The third-order valence-electron chi connectivity index (χ3n) is 5.81. The fourth-order valence-corrected chi connectivity index (χ4v) is 5.45. The second kappa shape index (κ2) is 11.7. The van der Waals surface area contributed by atoms with E-state index >= 15 is 0 Å². The highest BCUT2D eigenvalue weighted by atomic mass is 32.2. The Kier molecular flexibility index (Phi) is 8.46. The van der Waals surface area contributed by atoms with Crippen LogP contribution in [-0.2, 0) is 11.2 Å². The fraction of sp³-hybridized carbons (Fsp3) is 0.440. The van der Waals surface area contributed by atoms with Crippen molar-refractivity contribution in [2.45, 2.75) is 38.3 Å². The van der Waals surface area contributed by atoms with Gasteiger partial charge in [0.1, 0.15) is 16.4 Å². The van der Waals surface area contributed by atoms with Crippen molar-refractivity contribution in [3.8, 4) is 5.75 Å². The van der Waals surface area contributed by atoms with Crippen LogP contribution in [0.4, 0.5) is 5.82 Å². The maximum absolute atomic E-state index is 13.1. The second-order valence-electron chi connectivity index (χ2n) is 8.30. The number of amides is 1. The minimum atomic E-state index is -0.895. The minimum Gasteiger partial charge on any atom is -0.494 e. The van der Waals surface area contributed by atoms with Gasteiger partial charge in [0.05, 0.1) is 17.7 Å². The predicted octanol–water partition coefficient (Wildman–Crippen LogP) is 4.57. The minimum absolute atomic E-state index is 0.0131. The largest absolute Gasteiger partial charge is 0.494 e. The third-order valence-corrected chi connectivity index (χ3v) is 7.82. The Morgan fingerprint density at radius 2 is 1.86 bits per heavy atom. The Balaban J connectivity index is 1.44. The van der Waals surface area contributed by atoms with E-state index in [2.05, 4.69) is 29.8 Å². The molecule has 1 aliphatic rings. The summed E-state index contributed by atoms with van der Waals surface area (Å²) in [6.07, 6.45) is 3.00. The second-order valence-corrected chi connectivity index (χ2v) is 10.4. The molecule has 1 fully saturated rings. The maximum Gasteiger partial charge on any atom is 0.313 e.